The predicted molar refractivity (Wildman–Crippen MR) is 90.2 cm³/mol. The van der Waals surface area contributed by atoms with Gasteiger partial charge in [-0.1, -0.05) is 12.1 Å². The third-order valence-corrected chi connectivity index (χ3v) is 4.32. The topological polar surface area (TPSA) is 75.7 Å². The molecule has 0 saturated heterocycles. The minimum Gasteiger partial charge on any atom is -0.495 e. The molecule has 0 heterocycles. The van der Waals surface area contributed by atoms with E-state index in [-0.39, 0.29) is 5.69 Å². The quantitative estimate of drug-likeness (QED) is 0.865. The Morgan fingerprint density at radius 3 is 2.38 bits per heavy atom. The lowest BCUT2D eigenvalue weighted by Gasteiger charge is -2.22. The van der Waals surface area contributed by atoms with Gasteiger partial charge >= 0.3 is 0 Å². The minimum atomic E-state index is -3.72. The van der Waals surface area contributed by atoms with Gasteiger partial charge in [0.25, 0.3) is 0 Å². The minimum absolute atomic E-state index is 0.203. The summed E-state index contributed by atoms with van der Waals surface area (Å²) in [6.45, 7) is -0.442. The molecule has 24 heavy (non-hydrogen) atoms. The Hall–Kier alpha value is -2.61. The molecule has 2 aromatic carbocycles. The zero-order valence-electron chi connectivity index (χ0n) is 13.2. The van der Waals surface area contributed by atoms with Crippen molar-refractivity contribution in [1.82, 2.24) is 0 Å². The molecule has 0 aliphatic rings. The van der Waals surface area contributed by atoms with Gasteiger partial charge in [-0.25, -0.2) is 12.8 Å². The third-order valence-electron chi connectivity index (χ3n) is 3.18. The number of nitrogens with one attached hydrogen (secondary N) is 1. The number of anilines is 2. The van der Waals surface area contributed by atoms with Crippen LogP contribution in [0.4, 0.5) is 15.8 Å². The Morgan fingerprint density at radius 1 is 1.17 bits per heavy atom. The van der Waals surface area contributed by atoms with Crippen LogP contribution >= 0.6 is 0 Å². The van der Waals surface area contributed by atoms with Gasteiger partial charge < -0.3 is 10.1 Å². The van der Waals surface area contributed by atoms with Crippen LogP contribution < -0.4 is 14.4 Å². The van der Waals surface area contributed by atoms with Crippen LogP contribution in [-0.2, 0) is 14.8 Å². The summed E-state index contributed by atoms with van der Waals surface area (Å²) < 4.78 is 43.0. The van der Waals surface area contributed by atoms with Crippen molar-refractivity contribution in [2.75, 3.05) is 29.5 Å². The molecule has 0 spiro atoms. The van der Waals surface area contributed by atoms with E-state index in [1.807, 2.05) is 0 Å². The molecular weight excluding hydrogens is 335 g/mol. The highest BCUT2D eigenvalue weighted by molar-refractivity contribution is 7.92. The maximum atomic E-state index is 13.0. The van der Waals surface area contributed by atoms with Gasteiger partial charge in [-0.15, -0.1) is 0 Å². The van der Waals surface area contributed by atoms with E-state index >= 15 is 0 Å². The van der Waals surface area contributed by atoms with Gasteiger partial charge in [-0.05, 0) is 36.4 Å². The predicted octanol–water partition coefficient (Wildman–Crippen LogP) is 2.24. The van der Waals surface area contributed by atoms with E-state index in [4.69, 9.17) is 4.74 Å². The van der Waals surface area contributed by atoms with E-state index in [0.29, 0.717) is 11.4 Å². The molecule has 0 aromatic heterocycles. The van der Waals surface area contributed by atoms with Crippen molar-refractivity contribution in [3.05, 3.63) is 54.3 Å². The van der Waals surface area contributed by atoms with Crippen molar-refractivity contribution in [3.63, 3.8) is 0 Å². The second-order valence-corrected chi connectivity index (χ2v) is 6.90. The molecule has 0 bridgehead atoms. The maximum absolute atomic E-state index is 13.0. The molecule has 0 atom stereocenters. The molecule has 6 nitrogen and oxygen atoms in total. The van der Waals surface area contributed by atoms with Crippen molar-refractivity contribution in [1.29, 1.82) is 0 Å². The van der Waals surface area contributed by atoms with Crippen LogP contribution in [0.1, 0.15) is 0 Å². The number of hydrogen-bond acceptors (Lipinski definition) is 4. The number of nitrogens with zero attached hydrogens (tertiary/aromatic N) is 1. The Balaban J connectivity index is 2.21. The fourth-order valence-corrected chi connectivity index (χ4v) is 2.93. The monoisotopic (exact) mass is 352 g/mol. The number of carbonyl (C=O) groups excluding carboxylic acids is 1. The van der Waals surface area contributed by atoms with Gasteiger partial charge in [0.15, 0.2) is 0 Å². The number of ether oxygens (including phenoxy) is 1. The van der Waals surface area contributed by atoms with Crippen LogP contribution in [0, 0.1) is 5.82 Å². The highest BCUT2D eigenvalue weighted by Crippen LogP contribution is 2.23. The lowest BCUT2D eigenvalue weighted by Crippen LogP contribution is -2.37. The average Bonchev–Trinajstić information content (AvgIpc) is 2.53. The largest absolute Gasteiger partial charge is 0.495 e. The van der Waals surface area contributed by atoms with Crippen LogP contribution in [-0.4, -0.2) is 34.2 Å². The lowest BCUT2D eigenvalue weighted by molar-refractivity contribution is -0.114. The Bertz CT molecular complexity index is 822. The van der Waals surface area contributed by atoms with Gasteiger partial charge in [-0.3, -0.25) is 9.10 Å². The van der Waals surface area contributed by atoms with Gasteiger partial charge in [0.1, 0.15) is 18.1 Å². The Morgan fingerprint density at radius 2 is 1.79 bits per heavy atom. The Kier molecular flexibility index (Phi) is 5.40. The summed E-state index contributed by atoms with van der Waals surface area (Å²) in [5.74, 6) is -0.585. The fraction of sp³-hybridized carbons (Fsp3) is 0.188. The molecule has 2 rings (SSSR count). The summed E-state index contributed by atoms with van der Waals surface area (Å²) in [6.07, 6.45) is 0.979. The van der Waals surface area contributed by atoms with Crippen molar-refractivity contribution in [2.24, 2.45) is 0 Å². The second kappa shape index (κ2) is 7.31. The fourth-order valence-electron chi connectivity index (χ4n) is 2.08. The molecule has 0 unspecified atom stereocenters. The molecule has 0 fully saturated rings. The summed E-state index contributed by atoms with van der Waals surface area (Å²) in [6, 6.07) is 11.6. The zero-order chi connectivity index (χ0) is 17.7. The molecule has 0 radical (unpaired) electrons. The highest BCUT2D eigenvalue weighted by Gasteiger charge is 2.21. The first-order valence-corrected chi connectivity index (χ1v) is 8.82. The van der Waals surface area contributed by atoms with Crippen LogP contribution in [0.3, 0.4) is 0 Å². The molecule has 0 aliphatic carbocycles. The van der Waals surface area contributed by atoms with Gasteiger partial charge in [0, 0.05) is 0 Å². The standard InChI is InChI=1S/C16H17FN2O4S/c1-23-15-6-4-3-5-14(15)18-16(20)11-19(24(2,21)22)13-9-7-12(17)8-10-13/h3-10H,11H2,1-2H3,(H,18,20). The molecule has 2 aromatic rings. The molecule has 1 N–H and O–H groups in total. The Labute approximate surface area is 139 Å². The molecular formula is C16H17FN2O4S. The molecule has 8 heteroatoms. The molecule has 1 amide bonds. The first-order valence-electron chi connectivity index (χ1n) is 6.97. The van der Waals surface area contributed by atoms with E-state index in [1.54, 1.807) is 24.3 Å². The summed E-state index contributed by atoms with van der Waals surface area (Å²) in [4.78, 5) is 12.2. The zero-order valence-corrected chi connectivity index (χ0v) is 14.0. The SMILES string of the molecule is COc1ccccc1NC(=O)CN(c1ccc(F)cc1)S(C)(=O)=O. The smallest absolute Gasteiger partial charge is 0.245 e. The number of para-hydroxylation sites is 2. The maximum Gasteiger partial charge on any atom is 0.245 e. The molecule has 128 valence electrons. The first kappa shape index (κ1) is 17.7. The van der Waals surface area contributed by atoms with Crippen molar-refractivity contribution < 1.29 is 22.3 Å². The summed E-state index contributed by atoms with van der Waals surface area (Å²) in [7, 11) is -2.25. The van der Waals surface area contributed by atoms with E-state index in [9.17, 15) is 17.6 Å². The summed E-state index contributed by atoms with van der Waals surface area (Å²) in [5.41, 5.74) is 0.631. The van der Waals surface area contributed by atoms with Crippen LogP contribution in [0.5, 0.6) is 5.75 Å². The van der Waals surface area contributed by atoms with Crippen LogP contribution in [0.15, 0.2) is 48.5 Å². The van der Waals surface area contributed by atoms with Gasteiger partial charge in [0.2, 0.25) is 15.9 Å². The van der Waals surface area contributed by atoms with Gasteiger partial charge in [-0.2, -0.15) is 0 Å². The van der Waals surface area contributed by atoms with E-state index in [2.05, 4.69) is 5.32 Å². The van der Waals surface area contributed by atoms with Crippen molar-refractivity contribution >= 4 is 27.3 Å². The highest BCUT2D eigenvalue weighted by atomic mass is 32.2. The van der Waals surface area contributed by atoms with E-state index < -0.39 is 28.3 Å². The molecule has 0 saturated carbocycles. The summed E-state index contributed by atoms with van der Waals surface area (Å²) in [5, 5.41) is 2.60. The summed E-state index contributed by atoms with van der Waals surface area (Å²) >= 11 is 0. The molecule has 0 aliphatic heterocycles. The van der Waals surface area contributed by atoms with Crippen molar-refractivity contribution in [3.8, 4) is 5.75 Å². The van der Waals surface area contributed by atoms with E-state index in [1.165, 1.54) is 19.2 Å². The van der Waals surface area contributed by atoms with Crippen LogP contribution in [0.25, 0.3) is 0 Å². The number of benzene rings is 2. The van der Waals surface area contributed by atoms with Gasteiger partial charge in [0.05, 0.1) is 24.7 Å². The van der Waals surface area contributed by atoms with Crippen molar-refractivity contribution in [2.45, 2.75) is 0 Å². The normalized spacial score (nSPS) is 11.0. The number of rotatable bonds is 6. The number of sulfonamides is 1. The number of methoxy groups -OCH3 is 1. The number of hydrogen-bond donors (Lipinski definition) is 1. The average molecular weight is 352 g/mol. The number of carbonyl (C=O) groups is 1. The van der Waals surface area contributed by atoms with Crippen LogP contribution in [0.2, 0.25) is 0 Å². The number of amides is 1. The number of halogens is 1. The first-order chi connectivity index (χ1) is 11.3. The second-order valence-electron chi connectivity index (χ2n) is 4.99. The lowest BCUT2D eigenvalue weighted by atomic mass is 10.3. The van der Waals surface area contributed by atoms with E-state index in [0.717, 1.165) is 22.7 Å². The third kappa shape index (κ3) is 4.45.